The molecule has 0 unspecified atom stereocenters. The molecule has 3 heteroatoms. The van der Waals surface area contributed by atoms with Crippen LogP contribution in [0.25, 0.3) is 10.9 Å². The molecule has 1 aromatic carbocycles. The first-order valence-electron chi connectivity index (χ1n) is 4.60. The molecule has 2 nitrogen and oxygen atoms in total. The summed E-state index contributed by atoms with van der Waals surface area (Å²) in [5.74, 6) is 1.76. The van der Waals surface area contributed by atoms with E-state index < -0.39 is 0 Å². The Balaban J connectivity index is 2.57. The number of aromatic nitrogens is 1. The lowest BCUT2D eigenvalue weighted by molar-refractivity contribution is 0.419. The fourth-order valence-corrected chi connectivity index (χ4v) is 1.92. The zero-order chi connectivity index (χ0) is 9.97. The van der Waals surface area contributed by atoms with Gasteiger partial charge in [-0.15, -0.1) is 0 Å². The summed E-state index contributed by atoms with van der Waals surface area (Å²) >= 11 is 4.24. The number of H-pyrrole nitrogens is 1. The van der Waals surface area contributed by atoms with Crippen molar-refractivity contribution in [1.82, 2.24) is 4.98 Å². The first-order valence-corrected chi connectivity index (χ1v) is 5.24. The summed E-state index contributed by atoms with van der Waals surface area (Å²) in [4.78, 5) is 3.23. The molecule has 14 heavy (non-hydrogen) atoms. The number of rotatable bonds is 3. The van der Waals surface area contributed by atoms with Crippen LogP contribution in [-0.4, -0.2) is 17.8 Å². The Bertz CT molecular complexity index is 436. The van der Waals surface area contributed by atoms with Crippen molar-refractivity contribution in [2.45, 2.75) is 6.42 Å². The van der Waals surface area contributed by atoms with Crippen molar-refractivity contribution in [2.75, 3.05) is 12.9 Å². The predicted octanol–water partition coefficient (Wildman–Crippen LogP) is 2.65. The summed E-state index contributed by atoms with van der Waals surface area (Å²) in [6.07, 6.45) is 3.01. The molecule has 0 amide bonds. The summed E-state index contributed by atoms with van der Waals surface area (Å²) in [7, 11) is 1.69. The minimum absolute atomic E-state index is 0.865. The largest absolute Gasteiger partial charge is 0.495 e. The van der Waals surface area contributed by atoms with Gasteiger partial charge >= 0.3 is 0 Å². The van der Waals surface area contributed by atoms with Crippen LogP contribution >= 0.6 is 12.6 Å². The molecule has 2 aromatic rings. The molecular weight excluding hydrogens is 194 g/mol. The van der Waals surface area contributed by atoms with E-state index in [1.54, 1.807) is 7.11 Å². The number of nitrogens with one attached hydrogen (secondary N) is 1. The number of hydrogen-bond acceptors (Lipinski definition) is 2. The minimum atomic E-state index is 0.865. The predicted molar refractivity (Wildman–Crippen MR) is 62.4 cm³/mol. The molecule has 0 spiro atoms. The standard InChI is InChI=1S/C11H13NOS/c1-13-10-4-2-3-9-8(5-6-14)7-12-11(9)10/h2-4,7,12,14H,5-6H2,1H3. The molecule has 1 heterocycles. The first kappa shape index (κ1) is 9.46. The van der Waals surface area contributed by atoms with Crippen LogP contribution in [0.15, 0.2) is 24.4 Å². The number of para-hydroxylation sites is 1. The average molecular weight is 207 g/mol. The molecule has 0 aliphatic heterocycles. The molecule has 2 rings (SSSR count). The lowest BCUT2D eigenvalue weighted by atomic mass is 10.1. The van der Waals surface area contributed by atoms with E-state index in [4.69, 9.17) is 4.74 Å². The maximum Gasteiger partial charge on any atom is 0.142 e. The highest BCUT2D eigenvalue weighted by atomic mass is 32.1. The van der Waals surface area contributed by atoms with Crippen molar-refractivity contribution in [3.05, 3.63) is 30.0 Å². The van der Waals surface area contributed by atoms with Gasteiger partial charge in [0.2, 0.25) is 0 Å². The quantitative estimate of drug-likeness (QED) is 0.743. The monoisotopic (exact) mass is 207 g/mol. The normalized spacial score (nSPS) is 10.7. The van der Waals surface area contributed by atoms with E-state index in [9.17, 15) is 0 Å². The fraction of sp³-hybridized carbons (Fsp3) is 0.273. The second-order valence-electron chi connectivity index (χ2n) is 3.17. The Hall–Kier alpha value is -1.09. The summed E-state index contributed by atoms with van der Waals surface area (Å²) < 4.78 is 5.27. The topological polar surface area (TPSA) is 25.0 Å². The molecule has 0 saturated carbocycles. The van der Waals surface area contributed by atoms with E-state index >= 15 is 0 Å². The maximum atomic E-state index is 5.27. The first-order chi connectivity index (χ1) is 6.86. The molecule has 0 atom stereocenters. The smallest absolute Gasteiger partial charge is 0.142 e. The molecule has 0 saturated heterocycles. The van der Waals surface area contributed by atoms with E-state index in [0.717, 1.165) is 23.4 Å². The van der Waals surface area contributed by atoms with Gasteiger partial charge < -0.3 is 9.72 Å². The second-order valence-corrected chi connectivity index (χ2v) is 3.62. The van der Waals surface area contributed by atoms with E-state index in [0.29, 0.717) is 0 Å². The van der Waals surface area contributed by atoms with E-state index in [2.05, 4.69) is 23.7 Å². The molecule has 74 valence electrons. The number of thiol groups is 1. The van der Waals surface area contributed by atoms with Crippen LogP contribution < -0.4 is 4.74 Å². The van der Waals surface area contributed by atoms with Gasteiger partial charge in [-0.2, -0.15) is 12.6 Å². The van der Waals surface area contributed by atoms with E-state index in [1.807, 2.05) is 18.3 Å². The van der Waals surface area contributed by atoms with E-state index in [1.165, 1.54) is 10.9 Å². The van der Waals surface area contributed by atoms with Crippen LogP contribution in [0, 0.1) is 0 Å². The van der Waals surface area contributed by atoms with Gasteiger partial charge in [-0.25, -0.2) is 0 Å². The number of methoxy groups -OCH3 is 1. The van der Waals surface area contributed by atoms with Crippen LogP contribution in [0.5, 0.6) is 5.75 Å². The van der Waals surface area contributed by atoms with Crippen molar-refractivity contribution in [2.24, 2.45) is 0 Å². The van der Waals surface area contributed by atoms with Gasteiger partial charge in [0.1, 0.15) is 5.75 Å². The number of fused-ring (bicyclic) bond motifs is 1. The maximum absolute atomic E-state index is 5.27. The van der Waals surface area contributed by atoms with Gasteiger partial charge in [0.25, 0.3) is 0 Å². The third-order valence-electron chi connectivity index (χ3n) is 2.36. The average Bonchev–Trinajstić information content (AvgIpc) is 2.62. The highest BCUT2D eigenvalue weighted by Crippen LogP contribution is 2.27. The van der Waals surface area contributed by atoms with Crippen LogP contribution in [-0.2, 0) is 6.42 Å². The van der Waals surface area contributed by atoms with Crippen molar-refractivity contribution in [1.29, 1.82) is 0 Å². The van der Waals surface area contributed by atoms with E-state index in [-0.39, 0.29) is 0 Å². The number of benzene rings is 1. The lowest BCUT2D eigenvalue weighted by Crippen LogP contribution is -1.85. The molecule has 0 fully saturated rings. The number of aromatic amines is 1. The molecule has 0 bridgehead atoms. The van der Waals surface area contributed by atoms with Crippen molar-refractivity contribution in [3.8, 4) is 5.75 Å². The Kier molecular flexibility index (Phi) is 2.68. The highest BCUT2D eigenvalue weighted by molar-refractivity contribution is 7.80. The Labute approximate surface area is 88.7 Å². The van der Waals surface area contributed by atoms with Gasteiger partial charge in [0, 0.05) is 11.6 Å². The minimum Gasteiger partial charge on any atom is -0.495 e. The Morgan fingerprint density at radius 1 is 1.43 bits per heavy atom. The highest BCUT2D eigenvalue weighted by Gasteiger charge is 2.06. The number of aryl methyl sites for hydroxylation is 1. The zero-order valence-electron chi connectivity index (χ0n) is 8.08. The Morgan fingerprint density at radius 3 is 3.00 bits per heavy atom. The third kappa shape index (κ3) is 1.48. The van der Waals surface area contributed by atoms with Gasteiger partial charge in [0.15, 0.2) is 0 Å². The summed E-state index contributed by atoms with van der Waals surface area (Å²) in [6, 6.07) is 6.08. The summed E-state index contributed by atoms with van der Waals surface area (Å²) in [5.41, 5.74) is 2.38. The molecule has 1 N–H and O–H groups in total. The van der Waals surface area contributed by atoms with Crippen LogP contribution in [0.1, 0.15) is 5.56 Å². The van der Waals surface area contributed by atoms with Crippen molar-refractivity contribution < 1.29 is 4.74 Å². The number of ether oxygens (including phenoxy) is 1. The lowest BCUT2D eigenvalue weighted by Gasteiger charge is -2.01. The molecule has 0 aliphatic rings. The third-order valence-corrected chi connectivity index (χ3v) is 2.59. The van der Waals surface area contributed by atoms with Crippen LogP contribution in [0.3, 0.4) is 0 Å². The van der Waals surface area contributed by atoms with Gasteiger partial charge in [-0.3, -0.25) is 0 Å². The van der Waals surface area contributed by atoms with Crippen LogP contribution in [0.2, 0.25) is 0 Å². The SMILES string of the molecule is COc1cccc2c(CCS)c[nH]c12. The fourth-order valence-electron chi connectivity index (χ4n) is 1.68. The second kappa shape index (κ2) is 3.96. The van der Waals surface area contributed by atoms with Gasteiger partial charge in [-0.05, 0) is 23.8 Å². The zero-order valence-corrected chi connectivity index (χ0v) is 8.97. The Morgan fingerprint density at radius 2 is 2.29 bits per heavy atom. The summed E-state index contributed by atoms with van der Waals surface area (Å²) in [6.45, 7) is 0. The molecule has 1 aromatic heterocycles. The molecule has 0 radical (unpaired) electrons. The molecule has 0 aliphatic carbocycles. The van der Waals surface area contributed by atoms with Crippen molar-refractivity contribution in [3.63, 3.8) is 0 Å². The van der Waals surface area contributed by atoms with Gasteiger partial charge in [0.05, 0.1) is 12.6 Å². The van der Waals surface area contributed by atoms with Crippen molar-refractivity contribution >= 4 is 23.5 Å². The number of hydrogen-bond donors (Lipinski definition) is 2. The van der Waals surface area contributed by atoms with Crippen LogP contribution in [0.4, 0.5) is 0 Å². The molecular formula is C11H13NOS. The summed E-state index contributed by atoms with van der Waals surface area (Å²) in [5, 5.41) is 1.23. The van der Waals surface area contributed by atoms with Gasteiger partial charge in [-0.1, -0.05) is 12.1 Å².